The first-order valence-corrected chi connectivity index (χ1v) is 9.54. The van der Waals surface area contributed by atoms with Gasteiger partial charge in [-0.3, -0.25) is 9.78 Å². The van der Waals surface area contributed by atoms with Crippen molar-refractivity contribution in [3.05, 3.63) is 78.4 Å². The van der Waals surface area contributed by atoms with Crippen molar-refractivity contribution >= 4 is 5.91 Å². The normalized spacial score (nSPS) is 16.6. The van der Waals surface area contributed by atoms with Gasteiger partial charge in [0.15, 0.2) is 0 Å². The predicted molar refractivity (Wildman–Crippen MR) is 105 cm³/mol. The summed E-state index contributed by atoms with van der Waals surface area (Å²) in [5.41, 5.74) is 3.57. The fourth-order valence-electron chi connectivity index (χ4n) is 3.33. The lowest BCUT2D eigenvalue weighted by Crippen LogP contribution is -2.42. The molecule has 0 saturated carbocycles. The number of carbonyl (C=O) groups excluding carboxylic acids is 1. The third kappa shape index (κ3) is 4.81. The maximum absolute atomic E-state index is 13.0. The number of carbonyl (C=O) groups is 1. The molecule has 0 N–H and O–H groups in total. The molecule has 1 saturated heterocycles. The quantitative estimate of drug-likeness (QED) is 0.667. The van der Waals surface area contributed by atoms with Gasteiger partial charge in [0.05, 0.1) is 18.8 Å². The molecule has 3 heterocycles. The van der Waals surface area contributed by atoms with Gasteiger partial charge in [-0.25, -0.2) is 14.4 Å². The Hall–Kier alpha value is -3.19. The third-order valence-electron chi connectivity index (χ3n) is 4.97. The number of nitrogens with zero attached hydrogens (tertiary/aromatic N) is 4. The van der Waals surface area contributed by atoms with Gasteiger partial charge in [0.2, 0.25) is 5.91 Å². The zero-order valence-electron chi connectivity index (χ0n) is 15.9. The van der Waals surface area contributed by atoms with Gasteiger partial charge in [-0.15, -0.1) is 0 Å². The first kappa shape index (κ1) is 19.1. The van der Waals surface area contributed by atoms with Crippen molar-refractivity contribution in [3.63, 3.8) is 0 Å². The average Bonchev–Trinajstić information content (AvgIpc) is 2.79. The monoisotopic (exact) mass is 392 g/mol. The largest absolute Gasteiger partial charge is 0.368 e. The second-order valence-electron chi connectivity index (χ2n) is 6.92. The lowest BCUT2D eigenvalue weighted by molar-refractivity contribution is -0.139. The van der Waals surface area contributed by atoms with Gasteiger partial charge in [-0.2, -0.15) is 0 Å². The van der Waals surface area contributed by atoms with E-state index in [1.807, 2.05) is 17.0 Å². The smallest absolute Gasteiger partial charge is 0.223 e. The van der Waals surface area contributed by atoms with E-state index in [0.29, 0.717) is 32.5 Å². The summed E-state index contributed by atoms with van der Waals surface area (Å²) >= 11 is 0. The molecule has 1 aromatic carbocycles. The minimum Gasteiger partial charge on any atom is -0.368 e. The highest BCUT2D eigenvalue weighted by Gasteiger charge is 2.26. The molecule has 1 amide bonds. The number of aryl methyl sites for hydroxylation is 1. The average molecular weight is 392 g/mol. The summed E-state index contributed by atoms with van der Waals surface area (Å²) in [5.74, 6) is -0.199. The molecule has 0 radical (unpaired) electrons. The molecule has 4 rings (SSSR count). The zero-order valence-corrected chi connectivity index (χ0v) is 15.9. The SMILES string of the molecule is O=C(CCc1ccc(F)cc1)N1CCOC(c2ccc(-c3cncnc3)cn2)C1. The number of rotatable bonds is 5. The Morgan fingerprint density at radius 1 is 1.07 bits per heavy atom. The fraction of sp³-hybridized carbons (Fsp3) is 0.273. The Labute approximate surface area is 168 Å². The number of pyridine rings is 1. The molecule has 1 atom stereocenters. The Kier molecular flexibility index (Phi) is 5.86. The molecule has 1 aliphatic heterocycles. The number of halogens is 1. The molecule has 3 aromatic rings. The Morgan fingerprint density at radius 2 is 1.86 bits per heavy atom. The second-order valence-corrected chi connectivity index (χ2v) is 6.92. The van der Waals surface area contributed by atoms with Crippen LogP contribution in [-0.2, 0) is 16.0 Å². The molecule has 29 heavy (non-hydrogen) atoms. The van der Waals surface area contributed by atoms with E-state index in [9.17, 15) is 9.18 Å². The van der Waals surface area contributed by atoms with Crippen LogP contribution in [0.25, 0.3) is 11.1 Å². The molecule has 7 heteroatoms. The van der Waals surface area contributed by atoms with Crippen molar-refractivity contribution < 1.29 is 13.9 Å². The molecular weight excluding hydrogens is 371 g/mol. The van der Waals surface area contributed by atoms with E-state index >= 15 is 0 Å². The summed E-state index contributed by atoms with van der Waals surface area (Å²) < 4.78 is 18.8. The topological polar surface area (TPSA) is 68.2 Å². The molecule has 1 aliphatic rings. The molecule has 0 spiro atoms. The van der Waals surface area contributed by atoms with Gasteiger partial charge in [-0.1, -0.05) is 18.2 Å². The maximum atomic E-state index is 13.0. The van der Waals surface area contributed by atoms with Crippen LogP contribution in [0.1, 0.15) is 23.8 Å². The maximum Gasteiger partial charge on any atom is 0.223 e. The third-order valence-corrected chi connectivity index (χ3v) is 4.97. The van der Waals surface area contributed by atoms with Crippen molar-refractivity contribution in [2.24, 2.45) is 0 Å². The minimum absolute atomic E-state index is 0.0701. The summed E-state index contributed by atoms with van der Waals surface area (Å²) in [6.07, 6.45) is 7.46. The van der Waals surface area contributed by atoms with Gasteiger partial charge >= 0.3 is 0 Å². The van der Waals surface area contributed by atoms with Crippen LogP contribution in [0.3, 0.4) is 0 Å². The van der Waals surface area contributed by atoms with Gasteiger partial charge in [-0.05, 0) is 30.2 Å². The molecule has 0 aliphatic carbocycles. The standard InChI is InChI=1S/C22H21FN4O2/c23-19-5-1-16(2-6-19)3-8-22(28)27-9-10-29-21(14-27)20-7-4-17(13-26-20)18-11-24-15-25-12-18/h1-2,4-7,11-13,15,21H,3,8-10,14H2. The van der Waals surface area contributed by atoms with Crippen molar-refractivity contribution in [1.82, 2.24) is 19.9 Å². The summed E-state index contributed by atoms with van der Waals surface area (Å²) in [4.78, 5) is 27.0. The van der Waals surface area contributed by atoms with Crippen molar-refractivity contribution in [2.45, 2.75) is 18.9 Å². The van der Waals surface area contributed by atoms with Crippen LogP contribution in [0.4, 0.5) is 4.39 Å². The van der Waals surface area contributed by atoms with Gasteiger partial charge in [0, 0.05) is 42.7 Å². The van der Waals surface area contributed by atoms with Crippen LogP contribution in [0.5, 0.6) is 0 Å². The summed E-state index contributed by atoms with van der Waals surface area (Å²) in [5, 5.41) is 0. The molecule has 1 fully saturated rings. The van der Waals surface area contributed by atoms with E-state index in [4.69, 9.17) is 4.74 Å². The number of ether oxygens (including phenoxy) is 1. The van der Waals surface area contributed by atoms with E-state index in [-0.39, 0.29) is 17.8 Å². The van der Waals surface area contributed by atoms with Crippen LogP contribution in [-0.4, -0.2) is 45.5 Å². The van der Waals surface area contributed by atoms with Crippen molar-refractivity contribution in [1.29, 1.82) is 0 Å². The minimum atomic E-state index is -0.269. The summed E-state index contributed by atoms with van der Waals surface area (Å²) in [6, 6.07) is 10.1. The van der Waals surface area contributed by atoms with Crippen LogP contribution >= 0.6 is 0 Å². The fourth-order valence-corrected chi connectivity index (χ4v) is 3.33. The number of hydrogen-bond acceptors (Lipinski definition) is 5. The van der Waals surface area contributed by atoms with Gasteiger partial charge in [0.25, 0.3) is 0 Å². The highest BCUT2D eigenvalue weighted by molar-refractivity contribution is 5.76. The summed E-state index contributed by atoms with van der Waals surface area (Å²) in [7, 11) is 0. The Bertz CT molecular complexity index is 949. The molecular formula is C22H21FN4O2. The first-order chi connectivity index (χ1) is 14.2. The first-order valence-electron chi connectivity index (χ1n) is 9.54. The van der Waals surface area contributed by atoms with Crippen LogP contribution in [0, 0.1) is 5.82 Å². The van der Waals surface area contributed by atoms with Crippen molar-refractivity contribution in [3.8, 4) is 11.1 Å². The molecule has 6 nitrogen and oxygen atoms in total. The number of aromatic nitrogens is 3. The lowest BCUT2D eigenvalue weighted by Gasteiger charge is -2.32. The van der Waals surface area contributed by atoms with E-state index in [1.54, 1.807) is 30.7 Å². The highest BCUT2D eigenvalue weighted by Crippen LogP contribution is 2.24. The van der Waals surface area contributed by atoms with Crippen molar-refractivity contribution in [2.75, 3.05) is 19.7 Å². The Balaban J connectivity index is 1.36. The summed E-state index contributed by atoms with van der Waals surface area (Å²) in [6.45, 7) is 1.52. The van der Waals surface area contributed by atoms with E-state index in [1.165, 1.54) is 18.5 Å². The number of hydrogen-bond donors (Lipinski definition) is 0. The molecule has 1 unspecified atom stereocenters. The van der Waals surface area contributed by atoms with E-state index in [2.05, 4.69) is 15.0 Å². The van der Waals surface area contributed by atoms with Gasteiger partial charge < -0.3 is 9.64 Å². The van der Waals surface area contributed by atoms with E-state index < -0.39 is 0 Å². The number of amides is 1. The highest BCUT2D eigenvalue weighted by atomic mass is 19.1. The van der Waals surface area contributed by atoms with Crippen LogP contribution in [0.15, 0.2) is 61.3 Å². The van der Waals surface area contributed by atoms with Gasteiger partial charge in [0.1, 0.15) is 18.2 Å². The van der Waals surface area contributed by atoms with Crippen LogP contribution in [0.2, 0.25) is 0 Å². The van der Waals surface area contributed by atoms with E-state index in [0.717, 1.165) is 22.4 Å². The molecule has 2 aromatic heterocycles. The van der Waals surface area contributed by atoms with Crippen LogP contribution < -0.4 is 0 Å². The zero-order chi connectivity index (χ0) is 20.1. The Morgan fingerprint density at radius 3 is 2.59 bits per heavy atom. The second kappa shape index (κ2) is 8.87. The predicted octanol–water partition coefficient (Wildman–Crippen LogP) is 3.21. The number of benzene rings is 1. The molecule has 0 bridgehead atoms. The lowest BCUT2D eigenvalue weighted by atomic mass is 10.1. The number of morpholine rings is 1. The molecule has 148 valence electrons.